The zero-order chi connectivity index (χ0) is 13.4. The molecule has 96 valence electrons. The summed E-state index contributed by atoms with van der Waals surface area (Å²) in [6, 6.07) is 0.147. The van der Waals surface area contributed by atoms with Gasteiger partial charge < -0.3 is 14.4 Å². The van der Waals surface area contributed by atoms with Gasteiger partial charge in [0, 0.05) is 16.8 Å². The lowest BCUT2D eigenvalue weighted by atomic mass is 10.4. The lowest BCUT2D eigenvalue weighted by Crippen LogP contribution is -2.20. The first kappa shape index (κ1) is 12.9. The van der Waals surface area contributed by atoms with Gasteiger partial charge in [-0.3, -0.25) is 14.2 Å². The van der Waals surface area contributed by atoms with Gasteiger partial charge in [0.1, 0.15) is 6.54 Å². The van der Waals surface area contributed by atoms with Crippen LogP contribution in [0.15, 0.2) is 11.0 Å². The van der Waals surface area contributed by atoms with Gasteiger partial charge in [-0.1, -0.05) is 0 Å². The molecule has 8 heteroatoms. The van der Waals surface area contributed by atoms with Gasteiger partial charge in [-0.25, -0.2) is 0 Å². The second-order valence-electron chi connectivity index (χ2n) is 3.66. The van der Waals surface area contributed by atoms with Crippen molar-refractivity contribution in [1.29, 1.82) is 0 Å². The number of hydrogen-bond donors (Lipinski definition) is 1. The summed E-state index contributed by atoms with van der Waals surface area (Å²) >= 11 is 1.98. The predicted molar refractivity (Wildman–Crippen MR) is 71.9 cm³/mol. The summed E-state index contributed by atoms with van der Waals surface area (Å²) in [7, 11) is 2.96. The Hall–Kier alpha value is -1.58. The topological polar surface area (TPSA) is 86.4 Å². The number of aromatic nitrogens is 3. The quantitative estimate of drug-likeness (QED) is 0.800. The largest absolute Gasteiger partial charge is 0.480 e. The summed E-state index contributed by atoms with van der Waals surface area (Å²) in [6.45, 7) is -0.247. The van der Waals surface area contributed by atoms with E-state index in [0.717, 1.165) is 0 Å². The van der Waals surface area contributed by atoms with Crippen molar-refractivity contribution in [3.63, 3.8) is 0 Å². The maximum atomic E-state index is 12.1. The molecule has 0 aliphatic carbocycles. The molecule has 2 aromatic rings. The third-order valence-electron chi connectivity index (χ3n) is 2.50. The van der Waals surface area contributed by atoms with E-state index < -0.39 is 5.97 Å². The molecule has 7 nitrogen and oxygen atoms in total. The predicted octanol–water partition coefficient (Wildman–Crippen LogP) is 0.433. The third-order valence-corrected chi connectivity index (χ3v) is 3.32. The standard InChI is InChI=1S/C10H10IN3O4/c1-13-9(17)7-5(11)3-14(4-6(15)16)8(7)12-10(13)18-2/h3H,4H2,1-2H3,(H,15,16). The zero-order valence-corrected chi connectivity index (χ0v) is 11.8. The monoisotopic (exact) mass is 363 g/mol. The average Bonchev–Trinajstić information content (AvgIpc) is 2.59. The van der Waals surface area contributed by atoms with Crippen molar-refractivity contribution in [3.05, 3.63) is 20.1 Å². The Morgan fingerprint density at radius 1 is 1.61 bits per heavy atom. The summed E-state index contributed by atoms with van der Waals surface area (Å²) < 4.78 is 8.37. The fourth-order valence-electron chi connectivity index (χ4n) is 1.70. The molecule has 0 unspecified atom stereocenters. The Labute approximate surface area is 115 Å². The number of carboxylic acids is 1. The van der Waals surface area contributed by atoms with Gasteiger partial charge in [0.2, 0.25) is 0 Å². The second-order valence-corrected chi connectivity index (χ2v) is 4.82. The highest BCUT2D eigenvalue weighted by Crippen LogP contribution is 2.20. The number of carboxylic acid groups (broad SMARTS) is 1. The van der Waals surface area contributed by atoms with Crippen LogP contribution in [0.5, 0.6) is 6.01 Å². The number of methoxy groups -OCH3 is 1. The molecule has 0 fully saturated rings. The minimum Gasteiger partial charge on any atom is -0.480 e. The van der Waals surface area contributed by atoms with Crippen LogP contribution in [0.25, 0.3) is 11.0 Å². The summed E-state index contributed by atoms with van der Waals surface area (Å²) in [5.41, 5.74) is 0.0622. The first-order valence-electron chi connectivity index (χ1n) is 4.97. The number of ether oxygens (including phenoxy) is 1. The number of hydrogen-bond acceptors (Lipinski definition) is 4. The van der Waals surface area contributed by atoms with Crippen LogP contribution in [0.4, 0.5) is 0 Å². The first-order valence-corrected chi connectivity index (χ1v) is 6.04. The highest BCUT2D eigenvalue weighted by molar-refractivity contribution is 14.1. The van der Waals surface area contributed by atoms with Gasteiger partial charge in [0.25, 0.3) is 5.56 Å². The molecular formula is C10H10IN3O4. The Balaban J connectivity index is 2.82. The number of rotatable bonds is 3. The normalized spacial score (nSPS) is 10.8. The second kappa shape index (κ2) is 4.59. The maximum absolute atomic E-state index is 12.1. The van der Waals surface area contributed by atoms with E-state index in [-0.39, 0.29) is 18.1 Å². The first-order chi connectivity index (χ1) is 8.45. The molecule has 0 saturated heterocycles. The van der Waals surface area contributed by atoms with Crippen molar-refractivity contribution in [2.45, 2.75) is 6.54 Å². The summed E-state index contributed by atoms with van der Waals surface area (Å²) in [6.07, 6.45) is 1.59. The van der Waals surface area contributed by atoms with E-state index in [1.807, 2.05) is 22.6 Å². The van der Waals surface area contributed by atoms with Crippen molar-refractivity contribution >= 4 is 39.6 Å². The third kappa shape index (κ3) is 1.96. The summed E-state index contributed by atoms with van der Waals surface area (Å²) in [4.78, 5) is 27.0. The molecule has 0 atom stereocenters. The summed E-state index contributed by atoms with van der Waals surface area (Å²) in [5.74, 6) is -0.996. The van der Waals surface area contributed by atoms with E-state index in [0.29, 0.717) is 14.6 Å². The van der Waals surface area contributed by atoms with E-state index in [1.165, 1.54) is 16.2 Å². The van der Waals surface area contributed by atoms with Gasteiger partial charge in [-0.2, -0.15) is 4.98 Å². The molecule has 0 bridgehead atoms. The van der Waals surface area contributed by atoms with E-state index in [2.05, 4.69) is 4.98 Å². The molecular weight excluding hydrogens is 353 g/mol. The highest BCUT2D eigenvalue weighted by Gasteiger charge is 2.17. The lowest BCUT2D eigenvalue weighted by molar-refractivity contribution is -0.137. The van der Waals surface area contributed by atoms with Crippen LogP contribution >= 0.6 is 22.6 Å². The van der Waals surface area contributed by atoms with Crippen LogP contribution in [0, 0.1) is 3.57 Å². The van der Waals surface area contributed by atoms with Crippen molar-refractivity contribution < 1.29 is 14.6 Å². The number of aliphatic carboxylic acids is 1. The number of nitrogens with zero attached hydrogens (tertiary/aromatic N) is 3. The Morgan fingerprint density at radius 2 is 2.28 bits per heavy atom. The molecule has 0 amide bonds. The van der Waals surface area contributed by atoms with Crippen molar-refractivity contribution in [3.8, 4) is 6.01 Å². The molecule has 2 aromatic heterocycles. The molecule has 2 heterocycles. The zero-order valence-electron chi connectivity index (χ0n) is 9.68. The van der Waals surface area contributed by atoms with E-state index in [4.69, 9.17) is 9.84 Å². The van der Waals surface area contributed by atoms with Gasteiger partial charge >= 0.3 is 12.0 Å². The Kier molecular flexibility index (Phi) is 3.28. The van der Waals surface area contributed by atoms with Crippen LogP contribution < -0.4 is 10.3 Å². The lowest BCUT2D eigenvalue weighted by Gasteiger charge is -2.06. The maximum Gasteiger partial charge on any atom is 0.323 e. The highest BCUT2D eigenvalue weighted by atomic mass is 127. The summed E-state index contributed by atoms with van der Waals surface area (Å²) in [5, 5.41) is 9.22. The average molecular weight is 363 g/mol. The minimum absolute atomic E-state index is 0.147. The molecule has 2 rings (SSSR count). The van der Waals surface area contributed by atoms with Crippen LogP contribution in [0.3, 0.4) is 0 Å². The smallest absolute Gasteiger partial charge is 0.323 e. The Bertz CT molecular complexity index is 688. The Morgan fingerprint density at radius 3 is 2.83 bits per heavy atom. The molecule has 0 aliphatic heterocycles. The molecule has 1 N–H and O–H groups in total. The number of fused-ring (bicyclic) bond motifs is 1. The van der Waals surface area contributed by atoms with E-state index in [9.17, 15) is 9.59 Å². The SMILES string of the molecule is COc1nc2c(c(I)cn2CC(=O)O)c(=O)n1C. The van der Waals surface area contributed by atoms with Gasteiger partial charge in [-0.15, -0.1) is 0 Å². The molecule has 0 saturated carbocycles. The van der Waals surface area contributed by atoms with Gasteiger partial charge in [-0.05, 0) is 22.6 Å². The van der Waals surface area contributed by atoms with Crippen molar-refractivity contribution in [2.75, 3.05) is 7.11 Å². The van der Waals surface area contributed by atoms with Crippen LogP contribution in [-0.2, 0) is 18.4 Å². The molecule has 18 heavy (non-hydrogen) atoms. The van der Waals surface area contributed by atoms with Gasteiger partial charge in [0.05, 0.1) is 12.5 Å². The fourth-order valence-corrected chi connectivity index (χ4v) is 2.51. The molecule has 0 aromatic carbocycles. The molecule has 0 aliphatic rings. The van der Waals surface area contributed by atoms with E-state index in [1.54, 1.807) is 13.2 Å². The van der Waals surface area contributed by atoms with Crippen LogP contribution in [0.2, 0.25) is 0 Å². The fraction of sp³-hybridized carbons (Fsp3) is 0.300. The van der Waals surface area contributed by atoms with Crippen LogP contribution in [-0.4, -0.2) is 32.3 Å². The van der Waals surface area contributed by atoms with Crippen LogP contribution in [0.1, 0.15) is 0 Å². The van der Waals surface area contributed by atoms with Crippen molar-refractivity contribution in [2.24, 2.45) is 7.05 Å². The van der Waals surface area contributed by atoms with E-state index >= 15 is 0 Å². The van der Waals surface area contributed by atoms with Gasteiger partial charge in [0.15, 0.2) is 5.65 Å². The van der Waals surface area contributed by atoms with Crippen molar-refractivity contribution in [1.82, 2.24) is 14.1 Å². The molecule has 0 radical (unpaired) electrons. The molecule has 0 spiro atoms. The number of carbonyl (C=O) groups is 1. The number of halogens is 1. The minimum atomic E-state index is -0.996.